The van der Waals surface area contributed by atoms with Crippen LogP contribution < -0.4 is 10.2 Å². The normalized spacial score (nSPS) is 15.7. The summed E-state index contributed by atoms with van der Waals surface area (Å²) in [6.45, 7) is 4.93. The number of hydrogen-bond acceptors (Lipinski definition) is 3. The van der Waals surface area contributed by atoms with Crippen LogP contribution in [0.15, 0.2) is 42.5 Å². The molecule has 0 spiro atoms. The van der Waals surface area contributed by atoms with Gasteiger partial charge in [-0.3, -0.25) is 0 Å². The third-order valence-corrected chi connectivity index (χ3v) is 4.78. The van der Waals surface area contributed by atoms with Gasteiger partial charge in [0, 0.05) is 24.8 Å². The molecule has 0 unspecified atom stereocenters. The first-order chi connectivity index (χ1) is 11.6. The molecule has 1 aliphatic heterocycles. The van der Waals surface area contributed by atoms with Gasteiger partial charge in [-0.2, -0.15) is 0 Å². The van der Waals surface area contributed by atoms with Gasteiger partial charge in [-0.1, -0.05) is 12.1 Å². The maximum Gasteiger partial charge on any atom is 0.123 e. The quantitative estimate of drug-likeness (QED) is 0.879. The van der Waals surface area contributed by atoms with Gasteiger partial charge in [0.25, 0.3) is 0 Å². The largest absolute Gasteiger partial charge is 0.508 e. The summed E-state index contributed by atoms with van der Waals surface area (Å²) in [5, 5.41) is 12.9. The Bertz CT molecular complexity index is 664. The maximum atomic E-state index is 13.2. The number of nitrogens with one attached hydrogen (secondary N) is 1. The Morgan fingerprint density at radius 1 is 1.12 bits per heavy atom. The van der Waals surface area contributed by atoms with Gasteiger partial charge in [0.1, 0.15) is 11.6 Å². The molecular weight excluding hydrogens is 303 g/mol. The molecule has 0 saturated carbocycles. The molecule has 2 N–H and O–H groups in total. The van der Waals surface area contributed by atoms with E-state index >= 15 is 0 Å². The van der Waals surface area contributed by atoms with E-state index in [2.05, 4.69) is 10.2 Å². The minimum atomic E-state index is -0.165. The molecule has 0 aliphatic carbocycles. The summed E-state index contributed by atoms with van der Waals surface area (Å²) in [4.78, 5) is 2.35. The van der Waals surface area contributed by atoms with Crippen LogP contribution in [0.5, 0.6) is 5.75 Å². The molecule has 1 heterocycles. The summed E-state index contributed by atoms with van der Waals surface area (Å²) < 4.78 is 13.2. The van der Waals surface area contributed by atoms with Crippen molar-refractivity contribution >= 4 is 5.69 Å². The first-order valence-corrected chi connectivity index (χ1v) is 8.64. The lowest BCUT2D eigenvalue weighted by Gasteiger charge is -2.35. The first-order valence-electron chi connectivity index (χ1n) is 8.64. The van der Waals surface area contributed by atoms with Crippen molar-refractivity contribution < 1.29 is 9.50 Å². The van der Waals surface area contributed by atoms with E-state index in [0.717, 1.165) is 50.1 Å². The van der Waals surface area contributed by atoms with Crippen molar-refractivity contribution in [2.75, 3.05) is 24.5 Å². The van der Waals surface area contributed by atoms with Gasteiger partial charge >= 0.3 is 0 Å². The molecule has 1 saturated heterocycles. The van der Waals surface area contributed by atoms with E-state index in [4.69, 9.17) is 0 Å². The molecule has 4 heteroatoms. The number of benzene rings is 2. The fraction of sp³-hybridized carbons (Fsp3) is 0.400. The van der Waals surface area contributed by atoms with Crippen LogP contribution in [-0.4, -0.2) is 30.8 Å². The molecular formula is C20H25FN2O. The lowest BCUT2D eigenvalue weighted by Crippen LogP contribution is -2.43. The molecule has 0 radical (unpaired) electrons. The molecule has 1 aliphatic rings. The maximum absolute atomic E-state index is 13.2. The topological polar surface area (TPSA) is 35.5 Å². The van der Waals surface area contributed by atoms with Crippen molar-refractivity contribution in [2.24, 2.45) is 0 Å². The third-order valence-electron chi connectivity index (χ3n) is 4.78. The number of phenols is 1. The smallest absolute Gasteiger partial charge is 0.123 e. The van der Waals surface area contributed by atoms with Crippen LogP contribution in [0.2, 0.25) is 0 Å². The van der Waals surface area contributed by atoms with Crippen LogP contribution in [0.1, 0.15) is 24.0 Å². The van der Waals surface area contributed by atoms with Crippen molar-refractivity contribution in [2.45, 2.75) is 32.2 Å². The van der Waals surface area contributed by atoms with Crippen molar-refractivity contribution in [1.29, 1.82) is 0 Å². The zero-order valence-corrected chi connectivity index (χ0v) is 14.1. The lowest BCUT2D eigenvalue weighted by molar-refractivity contribution is 0.417. The molecule has 0 amide bonds. The lowest BCUT2D eigenvalue weighted by atomic mass is 10.0. The molecule has 128 valence electrons. The van der Waals surface area contributed by atoms with Crippen molar-refractivity contribution in [3.05, 3.63) is 59.4 Å². The Hall–Kier alpha value is -2.07. The fourth-order valence-corrected chi connectivity index (χ4v) is 3.38. The van der Waals surface area contributed by atoms with Gasteiger partial charge in [-0.05, 0) is 74.2 Å². The van der Waals surface area contributed by atoms with Crippen molar-refractivity contribution in [3.63, 3.8) is 0 Å². The highest BCUT2D eigenvalue weighted by Crippen LogP contribution is 2.24. The van der Waals surface area contributed by atoms with Gasteiger partial charge in [0.05, 0.1) is 0 Å². The molecule has 0 bridgehead atoms. The van der Waals surface area contributed by atoms with Crippen LogP contribution >= 0.6 is 0 Å². The van der Waals surface area contributed by atoms with Crippen LogP contribution in [0.4, 0.5) is 10.1 Å². The Morgan fingerprint density at radius 3 is 2.50 bits per heavy atom. The van der Waals surface area contributed by atoms with Crippen LogP contribution in [0.25, 0.3) is 0 Å². The number of aromatic hydroxyl groups is 1. The number of rotatable bonds is 5. The van der Waals surface area contributed by atoms with E-state index < -0.39 is 0 Å². The molecule has 2 aromatic carbocycles. The number of anilines is 1. The molecule has 2 aromatic rings. The summed E-state index contributed by atoms with van der Waals surface area (Å²) in [5.41, 5.74) is 3.40. The highest BCUT2D eigenvalue weighted by molar-refractivity contribution is 5.53. The van der Waals surface area contributed by atoms with Crippen molar-refractivity contribution in [1.82, 2.24) is 5.32 Å². The number of nitrogens with zero attached hydrogens (tertiary/aromatic N) is 1. The second-order valence-corrected chi connectivity index (χ2v) is 6.56. The predicted molar refractivity (Wildman–Crippen MR) is 96.2 cm³/mol. The summed E-state index contributed by atoms with van der Waals surface area (Å²) in [5.74, 6) is 0.150. The van der Waals surface area contributed by atoms with E-state index in [1.807, 2.05) is 25.1 Å². The van der Waals surface area contributed by atoms with Crippen LogP contribution in [0, 0.1) is 12.7 Å². The Labute approximate surface area is 143 Å². The van der Waals surface area contributed by atoms with E-state index in [-0.39, 0.29) is 5.82 Å². The van der Waals surface area contributed by atoms with Gasteiger partial charge in [-0.25, -0.2) is 4.39 Å². The Morgan fingerprint density at radius 2 is 1.83 bits per heavy atom. The minimum absolute atomic E-state index is 0.165. The second-order valence-electron chi connectivity index (χ2n) is 6.56. The fourth-order valence-electron chi connectivity index (χ4n) is 3.38. The average Bonchev–Trinajstić information content (AvgIpc) is 2.58. The standard InChI is InChI=1S/C20H25FN2O/c1-15-14-17(21)4-7-20(15)23-12-9-18(10-13-23)22-11-8-16-2-5-19(24)6-3-16/h2-7,14,18,22,24H,8-13H2,1H3. The van der Waals surface area contributed by atoms with Gasteiger partial charge < -0.3 is 15.3 Å². The molecule has 24 heavy (non-hydrogen) atoms. The van der Waals surface area contributed by atoms with Gasteiger partial charge in [0.2, 0.25) is 0 Å². The molecule has 3 nitrogen and oxygen atoms in total. The zero-order chi connectivity index (χ0) is 16.9. The molecule has 0 aromatic heterocycles. The van der Waals surface area contributed by atoms with Crippen LogP contribution in [-0.2, 0) is 6.42 Å². The summed E-state index contributed by atoms with van der Waals surface area (Å²) in [6, 6.07) is 13.0. The predicted octanol–water partition coefficient (Wildman–Crippen LogP) is 3.64. The molecule has 1 fully saturated rings. The second kappa shape index (κ2) is 7.67. The molecule has 0 atom stereocenters. The van der Waals surface area contributed by atoms with Gasteiger partial charge in [0.15, 0.2) is 0 Å². The summed E-state index contributed by atoms with van der Waals surface area (Å²) in [6.07, 6.45) is 3.18. The van der Waals surface area contributed by atoms with Gasteiger partial charge in [-0.15, -0.1) is 0 Å². The number of hydrogen-bond donors (Lipinski definition) is 2. The van der Waals surface area contributed by atoms with E-state index in [1.165, 1.54) is 5.56 Å². The summed E-state index contributed by atoms with van der Waals surface area (Å²) in [7, 11) is 0. The van der Waals surface area contributed by atoms with E-state index in [1.54, 1.807) is 24.3 Å². The van der Waals surface area contributed by atoms with E-state index in [0.29, 0.717) is 11.8 Å². The highest BCUT2D eigenvalue weighted by Gasteiger charge is 2.20. The number of halogens is 1. The van der Waals surface area contributed by atoms with Crippen molar-refractivity contribution in [3.8, 4) is 5.75 Å². The number of aryl methyl sites for hydroxylation is 1. The third kappa shape index (κ3) is 4.26. The van der Waals surface area contributed by atoms with E-state index in [9.17, 15) is 9.50 Å². The Balaban J connectivity index is 1.44. The zero-order valence-electron chi connectivity index (χ0n) is 14.1. The molecule has 3 rings (SSSR count). The summed E-state index contributed by atoms with van der Waals surface area (Å²) >= 11 is 0. The average molecular weight is 328 g/mol. The SMILES string of the molecule is Cc1cc(F)ccc1N1CCC(NCCc2ccc(O)cc2)CC1. The number of phenolic OH excluding ortho intramolecular Hbond substituents is 1. The first kappa shape index (κ1) is 16.8. The highest BCUT2D eigenvalue weighted by atomic mass is 19.1. The Kier molecular flexibility index (Phi) is 5.36. The monoisotopic (exact) mass is 328 g/mol. The minimum Gasteiger partial charge on any atom is -0.508 e. The van der Waals surface area contributed by atoms with Crippen LogP contribution in [0.3, 0.4) is 0 Å². The number of piperidine rings is 1.